The molecule has 27 heavy (non-hydrogen) atoms. The van der Waals surface area contributed by atoms with Gasteiger partial charge in [0.25, 0.3) is 0 Å². The molecular formula is C20H25N3O4. The molecule has 0 atom stereocenters. The summed E-state index contributed by atoms with van der Waals surface area (Å²) in [5.41, 5.74) is 3.08. The zero-order valence-electron chi connectivity index (χ0n) is 15.9. The number of ether oxygens (including phenoxy) is 1. The van der Waals surface area contributed by atoms with Crippen molar-refractivity contribution in [2.45, 2.75) is 45.8 Å². The number of fused-ring (bicyclic) bond motifs is 1. The lowest BCUT2D eigenvalue weighted by Gasteiger charge is -2.26. The number of aromatic nitrogens is 2. The van der Waals surface area contributed by atoms with E-state index in [0.717, 1.165) is 18.4 Å². The van der Waals surface area contributed by atoms with Gasteiger partial charge in [0.15, 0.2) is 5.69 Å². The highest BCUT2D eigenvalue weighted by Gasteiger charge is 2.24. The maximum atomic E-state index is 12.3. The molecule has 2 heterocycles. The molecule has 1 aliphatic heterocycles. The summed E-state index contributed by atoms with van der Waals surface area (Å²) in [6, 6.07) is 6.27. The van der Waals surface area contributed by atoms with E-state index in [1.165, 1.54) is 23.7 Å². The monoisotopic (exact) mass is 371 g/mol. The first-order valence-electron chi connectivity index (χ1n) is 9.05. The van der Waals surface area contributed by atoms with Gasteiger partial charge in [-0.2, -0.15) is 0 Å². The van der Waals surface area contributed by atoms with Crippen LogP contribution in [0, 0.1) is 0 Å². The second-order valence-electron chi connectivity index (χ2n) is 7.81. The van der Waals surface area contributed by atoms with Gasteiger partial charge in [-0.05, 0) is 50.3 Å². The number of rotatable bonds is 3. The first kappa shape index (κ1) is 18.9. The minimum atomic E-state index is -1.03. The fourth-order valence-corrected chi connectivity index (χ4v) is 3.15. The van der Waals surface area contributed by atoms with E-state index in [4.69, 9.17) is 9.84 Å². The molecule has 0 fully saturated rings. The molecular weight excluding hydrogens is 346 g/mol. The average molecular weight is 371 g/mol. The number of hydrogen-bond donors (Lipinski definition) is 1. The van der Waals surface area contributed by atoms with Gasteiger partial charge >= 0.3 is 12.1 Å². The summed E-state index contributed by atoms with van der Waals surface area (Å²) in [5, 5.41) is 8.98. The van der Waals surface area contributed by atoms with Crippen LogP contribution < -0.4 is 0 Å². The lowest BCUT2D eigenvalue weighted by atomic mass is 10.00. The molecule has 3 rings (SSSR count). The molecule has 0 aliphatic carbocycles. The Balaban J connectivity index is 1.68. The van der Waals surface area contributed by atoms with Crippen LogP contribution in [-0.2, 0) is 24.1 Å². The number of carboxylic acids is 1. The fraction of sp³-hybridized carbons (Fsp3) is 0.450. The van der Waals surface area contributed by atoms with Gasteiger partial charge in [0.05, 0.1) is 6.33 Å². The van der Waals surface area contributed by atoms with E-state index in [2.05, 4.69) is 17.1 Å². The van der Waals surface area contributed by atoms with Crippen LogP contribution >= 0.6 is 0 Å². The van der Waals surface area contributed by atoms with Crippen molar-refractivity contribution in [3.05, 3.63) is 53.1 Å². The molecule has 2 aromatic rings. The number of amides is 1. The standard InChI is InChI=1S/C20H25N3O4/c1-20(2,3)27-19(26)23-8-6-15-5-4-14(10-16(15)7-9-23)11-22-12-17(18(24)25)21-13-22/h4-5,10,12-13H,6-9,11H2,1-3H3,(H,24,25). The molecule has 7 nitrogen and oxygen atoms in total. The number of benzene rings is 1. The number of nitrogens with zero attached hydrogens (tertiary/aromatic N) is 3. The van der Waals surface area contributed by atoms with Crippen molar-refractivity contribution in [3.63, 3.8) is 0 Å². The SMILES string of the molecule is CC(C)(C)OC(=O)N1CCc2ccc(Cn3cnc(C(=O)O)c3)cc2CC1. The van der Waals surface area contributed by atoms with Crippen LogP contribution in [0.15, 0.2) is 30.7 Å². The summed E-state index contributed by atoms with van der Waals surface area (Å²) < 4.78 is 7.24. The van der Waals surface area contributed by atoms with E-state index in [1.807, 2.05) is 26.8 Å². The van der Waals surface area contributed by atoms with Crippen LogP contribution in [-0.4, -0.2) is 50.3 Å². The smallest absolute Gasteiger partial charge is 0.410 e. The number of imidazole rings is 1. The van der Waals surface area contributed by atoms with Crippen LogP contribution in [0.4, 0.5) is 4.79 Å². The Bertz CT molecular complexity index is 851. The van der Waals surface area contributed by atoms with Crippen LogP contribution in [0.5, 0.6) is 0 Å². The van der Waals surface area contributed by atoms with E-state index in [0.29, 0.717) is 19.6 Å². The highest BCUT2D eigenvalue weighted by Crippen LogP contribution is 2.20. The number of carbonyl (C=O) groups excluding carboxylic acids is 1. The van der Waals surface area contributed by atoms with Gasteiger partial charge < -0.3 is 19.3 Å². The highest BCUT2D eigenvalue weighted by atomic mass is 16.6. The molecule has 0 bridgehead atoms. The lowest BCUT2D eigenvalue weighted by Crippen LogP contribution is -2.38. The average Bonchev–Trinajstić information content (AvgIpc) is 2.93. The Morgan fingerprint density at radius 3 is 2.52 bits per heavy atom. The highest BCUT2D eigenvalue weighted by molar-refractivity contribution is 5.84. The maximum absolute atomic E-state index is 12.3. The van der Waals surface area contributed by atoms with Crippen LogP contribution in [0.2, 0.25) is 0 Å². The van der Waals surface area contributed by atoms with E-state index in [1.54, 1.807) is 9.47 Å². The second-order valence-corrected chi connectivity index (χ2v) is 7.81. The zero-order chi connectivity index (χ0) is 19.6. The predicted molar refractivity (Wildman–Crippen MR) is 99.9 cm³/mol. The molecule has 1 aromatic carbocycles. The van der Waals surface area contributed by atoms with Crippen molar-refractivity contribution in [3.8, 4) is 0 Å². The Kier molecular flexibility index (Phi) is 5.21. The summed E-state index contributed by atoms with van der Waals surface area (Å²) in [7, 11) is 0. The van der Waals surface area contributed by atoms with E-state index in [-0.39, 0.29) is 11.8 Å². The van der Waals surface area contributed by atoms with Crippen molar-refractivity contribution in [1.29, 1.82) is 0 Å². The molecule has 7 heteroatoms. The quantitative estimate of drug-likeness (QED) is 0.897. The third-order valence-corrected chi connectivity index (χ3v) is 4.44. The molecule has 0 radical (unpaired) electrons. The summed E-state index contributed by atoms with van der Waals surface area (Å²) in [6.45, 7) is 7.44. The van der Waals surface area contributed by atoms with Gasteiger partial charge in [-0.3, -0.25) is 0 Å². The predicted octanol–water partition coefficient (Wildman–Crippen LogP) is 2.97. The first-order chi connectivity index (χ1) is 12.7. The number of hydrogen-bond acceptors (Lipinski definition) is 4. The van der Waals surface area contributed by atoms with Gasteiger partial charge in [0.1, 0.15) is 5.60 Å². The molecule has 1 N–H and O–H groups in total. The van der Waals surface area contributed by atoms with Crippen molar-refractivity contribution < 1.29 is 19.4 Å². The molecule has 144 valence electrons. The Labute approximate surface area is 158 Å². The topological polar surface area (TPSA) is 84.7 Å². The molecule has 0 saturated heterocycles. The van der Waals surface area contributed by atoms with E-state index >= 15 is 0 Å². The normalized spacial score (nSPS) is 14.4. The maximum Gasteiger partial charge on any atom is 0.410 e. The Hall–Kier alpha value is -2.83. The largest absolute Gasteiger partial charge is 0.476 e. The molecule has 0 saturated carbocycles. The molecule has 0 spiro atoms. The summed E-state index contributed by atoms with van der Waals surface area (Å²) in [6.07, 6.45) is 4.35. The van der Waals surface area contributed by atoms with Gasteiger partial charge in [-0.25, -0.2) is 14.6 Å². The molecule has 0 unspecified atom stereocenters. The van der Waals surface area contributed by atoms with Crippen LogP contribution in [0.3, 0.4) is 0 Å². The van der Waals surface area contributed by atoms with Crippen molar-refractivity contribution in [1.82, 2.24) is 14.5 Å². The van der Waals surface area contributed by atoms with E-state index < -0.39 is 11.6 Å². The van der Waals surface area contributed by atoms with E-state index in [9.17, 15) is 9.59 Å². The van der Waals surface area contributed by atoms with Crippen molar-refractivity contribution in [2.75, 3.05) is 13.1 Å². The van der Waals surface area contributed by atoms with Crippen LogP contribution in [0.1, 0.15) is 48.0 Å². The summed E-state index contributed by atoms with van der Waals surface area (Å²) >= 11 is 0. The number of carboxylic acid groups (broad SMARTS) is 1. The Morgan fingerprint density at radius 2 is 1.89 bits per heavy atom. The first-order valence-corrected chi connectivity index (χ1v) is 9.05. The second kappa shape index (κ2) is 7.42. The van der Waals surface area contributed by atoms with Crippen LogP contribution in [0.25, 0.3) is 0 Å². The molecule has 1 amide bonds. The lowest BCUT2D eigenvalue weighted by molar-refractivity contribution is 0.0258. The number of aromatic carboxylic acids is 1. The summed E-state index contributed by atoms with van der Waals surface area (Å²) in [5.74, 6) is -1.03. The number of carbonyl (C=O) groups is 2. The van der Waals surface area contributed by atoms with Crippen molar-refractivity contribution >= 4 is 12.1 Å². The third kappa shape index (κ3) is 4.87. The minimum Gasteiger partial charge on any atom is -0.476 e. The molecule has 1 aliphatic rings. The molecule has 1 aromatic heterocycles. The van der Waals surface area contributed by atoms with Gasteiger partial charge in [-0.15, -0.1) is 0 Å². The third-order valence-electron chi connectivity index (χ3n) is 4.44. The van der Waals surface area contributed by atoms with Gasteiger partial charge in [0, 0.05) is 25.8 Å². The Morgan fingerprint density at radius 1 is 1.19 bits per heavy atom. The minimum absolute atomic E-state index is 0.0396. The van der Waals surface area contributed by atoms with Gasteiger partial charge in [-0.1, -0.05) is 18.2 Å². The summed E-state index contributed by atoms with van der Waals surface area (Å²) in [4.78, 5) is 28.9. The fourth-order valence-electron chi connectivity index (χ4n) is 3.15. The zero-order valence-corrected chi connectivity index (χ0v) is 15.9. The van der Waals surface area contributed by atoms with Gasteiger partial charge in [0.2, 0.25) is 0 Å². The van der Waals surface area contributed by atoms with Crippen molar-refractivity contribution in [2.24, 2.45) is 0 Å².